The first-order valence-corrected chi connectivity index (χ1v) is 8.07. The lowest BCUT2D eigenvalue weighted by Gasteiger charge is -2.04. The molecule has 0 aliphatic heterocycles. The van der Waals surface area contributed by atoms with Crippen LogP contribution in [-0.4, -0.2) is 14.6 Å². The fourth-order valence-corrected chi connectivity index (χ4v) is 2.76. The monoisotopic (exact) mass is 344 g/mol. The number of hydrogen-bond donors (Lipinski definition) is 2. The maximum Gasteiger partial charge on any atom is 0.251 e. The van der Waals surface area contributed by atoms with E-state index in [0.717, 1.165) is 11.1 Å². The Kier molecular flexibility index (Phi) is 3.81. The van der Waals surface area contributed by atoms with Crippen molar-refractivity contribution < 1.29 is 0 Å². The van der Waals surface area contributed by atoms with Crippen LogP contribution in [0, 0.1) is 6.92 Å². The molecule has 26 heavy (non-hydrogen) atoms. The van der Waals surface area contributed by atoms with Gasteiger partial charge >= 0.3 is 0 Å². The first-order chi connectivity index (χ1) is 12.6. The highest BCUT2D eigenvalue weighted by Crippen LogP contribution is 2.30. The van der Waals surface area contributed by atoms with E-state index in [1.165, 1.54) is 6.07 Å². The molecule has 2 aromatic heterocycles. The number of fused-ring (bicyclic) bond motifs is 1. The molecule has 0 fully saturated rings. The summed E-state index contributed by atoms with van der Waals surface area (Å²) in [5, 5.41) is 12.8. The number of benzene rings is 2. The predicted molar refractivity (Wildman–Crippen MR) is 101 cm³/mol. The van der Waals surface area contributed by atoms with Gasteiger partial charge in [-0.3, -0.25) is 4.79 Å². The highest BCUT2D eigenvalue weighted by atomic mass is 16.1. The number of H-pyrrole nitrogens is 1. The number of nitrogens with two attached hydrogens (primary N) is 1. The molecule has 7 nitrogen and oxygen atoms in total. The van der Waals surface area contributed by atoms with E-state index in [4.69, 9.17) is 5.73 Å². The van der Waals surface area contributed by atoms with Crippen molar-refractivity contribution in [2.24, 2.45) is 10.2 Å². The molecule has 3 N–H and O–H groups in total. The molecule has 0 aliphatic carbocycles. The van der Waals surface area contributed by atoms with Crippen LogP contribution in [0.2, 0.25) is 0 Å². The third-order valence-electron chi connectivity index (χ3n) is 3.96. The van der Waals surface area contributed by atoms with Gasteiger partial charge in [0.25, 0.3) is 5.56 Å². The van der Waals surface area contributed by atoms with Gasteiger partial charge in [0.1, 0.15) is 0 Å². The van der Waals surface area contributed by atoms with Gasteiger partial charge in [0, 0.05) is 11.6 Å². The predicted octanol–water partition coefficient (Wildman–Crippen LogP) is 4.00. The second-order valence-corrected chi connectivity index (χ2v) is 5.92. The van der Waals surface area contributed by atoms with Crippen LogP contribution < -0.4 is 11.3 Å². The second-order valence-electron chi connectivity index (χ2n) is 5.92. The number of anilines is 1. The quantitative estimate of drug-likeness (QED) is 0.549. The number of nitrogens with one attached hydrogen (secondary N) is 1. The molecule has 0 unspecified atom stereocenters. The van der Waals surface area contributed by atoms with E-state index >= 15 is 0 Å². The Balaban J connectivity index is 1.88. The molecule has 0 radical (unpaired) electrons. The number of hydrogen-bond acceptors (Lipinski definition) is 5. The lowest BCUT2D eigenvalue weighted by atomic mass is 10.1. The minimum Gasteiger partial charge on any atom is -0.380 e. The molecular formula is C19H16N6O. The largest absolute Gasteiger partial charge is 0.380 e. The topological polar surface area (TPSA) is 101 Å². The Hall–Kier alpha value is -3.74. The van der Waals surface area contributed by atoms with Gasteiger partial charge in [-0.1, -0.05) is 42.5 Å². The zero-order valence-electron chi connectivity index (χ0n) is 14.0. The van der Waals surface area contributed by atoms with Gasteiger partial charge in [0.15, 0.2) is 17.2 Å². The van der Waals surface area contributed by atoms with Crippen LogP contribution in [0.25, 0.3) is 16.9 Å². The fourth-order valence-electron chi connectivity index (χ4n) is 2.76. The molecular weight excluding hydrogens is 328 g/mol. The third-order valence-corrected chi connectivity index (χ3v) is 3.96. The highest BCUT2D eigenvalue weighted by Gasteiger charge is 2.15. The Morgan fingerprint density at radius 1 is 1.04 bits per heavy atom. The number of rotatable bonds is 3. The highest BCUT2D eigenvalue weighted by molar-refractivity contribution is 5.78. The molecule has 0 aliphatic rings. The van der Waals surface area contributed by atoms with E-state index in [2.05, 4.69) is 20.3 Å². The molecule has 0 saturated heterocycles. The summed E-state index contributed by atoms with van der Waals surface area (Å²) in [6, 6.07) is 18.6. The number of nitrogen functional groups attached to an aromatic ring is 1. The van der Waals surface area contributed by atoms with Crippen molar-refractivity contribution in [2.75, 3.05) is 5.73 Å². The lowest BCUT2D eigenvalue weighted by Crippen LogP contribution is -2.09. The zero-order chi connectivity index (χ0) is 18.1. The number of aromatic nitrogens is 3. The number of azo groups is 1. The maximum absolute atomic E-state index is 12.1. The van der Waals surface area contributed by atoms with Gasteiger partial charge in [-0.15, -0.1) is 10.2 Å². The summed E-state index contributed by atoms with van der Waals surface area (Å²) < 4.78 is 1.58. The van der Waals surface area contributed by atoms with Gasteiger partial charge in [-0.2, -0.15) is 5.11 Å². The molecule has 0 amide bonds. The smallest absolute Gasteiger partial charge is 0.251 e. The van der Waals surface area contributed by atoms with Crippen LogP contribution in [-0.2, 0) is 0 Å². The van der Waals surface area contributed by atoms with Crippen LogP contribution in [0.15, 0.2) is 75.7 Å². The van der Waals surface area contributed by atoms with Crippen molar-refractivity contribution in [3.8, 4) is 11.3 Å². The summed E-state index contributed by atoms with van der Waals surface area (Å²) in [4.78, 5) is 14.9. The Morgan fingerprint density at radius 2 is 1.85 bits per heavy atom. The summed E-state index contributed by atoms with van der Waals surface area (Å²) in [7, 11) is 0. The van der Waals surface area contributed by atoms with Crippen LogP contribution in [0.4, 0.5) is 17.2 Å². The summed E-state index contributed by atoms with van der Waals surface area (Å²) in [6.07, 6.45) is 0. The van der Waals surface area contributed by atoms with Crippen molar-refractivity contribution in [2.45, 2.75) is 6.92 Å². The Morgan fingerprint density at radius 3 is 2.62 bits per heavy atom. The minimum atomic E-state index is -0.261. The van der Waals surface area contributed by atoms with E-state index in [9.17, 15) is 4.79 Å². The van der Waals surface area contributed by atoms with E-state index in [1.54, 1.807) is 4.52 Å². The van der Waals surface area contributed by atoms with Crippen molar-refractivity contribution in [3.05, 3.63) is 76.6 Å². The molecule has 2 heterocycles. The third kappa shape index (κ3) is 2.86. The minimum absolute atomic E-state index is 0.195. The van der Waals surface area contributed by atoms with Gasteiger partial charge in [-0.05, 0) is 24.6 Å². The number of nitrogens with zero attached hydrogens (tertiary/aromatic N) is 4. The van der Waals surface area contributed by atoms with Crippen LogP contribution in [0.5, 0.6) is 0 Å². The fraction of sp³-hybridized carbons (Fsp3) is 0.0526. The Bertz CT molecular complexity index is 1170. The van der Waals surface area contributed by atoms with E-state index < -0.39 is 0 Å². The molecule has 0 spiro atoms. The molecule has 0 atom stereocenters. The summed E-state index contributed by atoms with van der Waals surface area (Å²) in [5.74, 6) is 0.195. The molecule has 128 valence electrons. The molecule has 0 saturated carbocycles. The second kappa shape index (κ2) is 6.29. The average Bonchev–Trinajstić information content (AvgIpc) is 2.95. The van der Waals surface area contributed by atoms with Crippen molar-refractivity contribution in [1.29, 1.82) is 0 Å². The van der Waals surface area contributed by atoms with Gasteiger partial charge in [0.05, 0.1) is 11.4 Å². The molecule has 4 rings (SSSR count). The summed E-state index contributed by atoms with van der Waals surface area (Å²) in [6.45, 7) is 1.98. The van der Waals surface area contributed by atoms with Crippen molar-refractivity contribution in [1.82, 2.24) is 14.6 Å². The maximum atomic E-state index is 12.1. The lowest BCUT2D eigenvalue weighted by molar-refractivity contribution is 0.945. The number of aromatic amines is 1. The number of aryl methyl sites for hydroxylation is 1. The Labute approximate surface area is 148 Å². The van der Waals surface area contributed by atoms with Crippen molar-refractivity contribution >= 4 is 22.8 Å². The standard InChI is InChI=1S/C19H16N6O/c1-12-6-5-9-14(10-12)22-23-17-18(20)24-25-15(11-16(26)21-19(17)25)13-7-3-2-4-8-13/h2-11H,1H3,(H2,20,24)(H,21,26). The summed E-state index contributed by atoms with van der Waals surface area (Å²) >= 11 is 0. The molecule has 0 bridgehead atoms. The molecule has 4 aromatic rings. The van der Waals surface area contributed by atoms with E-state index in [0.29, 0.717) is 22.7 Å². The van der Waals surface area contributed by atoms with Gasteiger partial charge in [-0.25, -0.2) is 4.52 Å². The summed E-state index contributed by atoms with van der Waals surface area (Å²) in [5.41, 5.74) is 9.78. The normalized spacial score (nSPS) is 11.4. The van der Waals surface area contributed by atoms with Gasteiger partial charge < -0.3 is 10.7 Å². The van der Waals surface area contributed by atoms with Crippen molar-refractivity contribution in [3.63, 3.8) is 0 Å². The van der Waals surface area contributed by atoms with Gasteiger partial charge in [0.2, 0.25) is 0 Å². The first-order valence-electron chi connectivity index (χ1n) is 8.07. The van der Waals surface area contributed by atoms with Crippen LogP contribution >= 0.6 is 0 Å². The van der Waals surface area contributed by atoms with E-state index in [1.807, 2.05) is 61.5 Å². The van der Waals surface area contributed by atoms with E-state index in [-0.39, 0.29) is 11.4 Å². The zero-order valence-corrected chi connectivity index (χ0v) is 14.0. The SMILES string of the molecule is Cc1cccc(N=Nc2c(N)nn3c(-c4ccccc4)cc(=O)[nH]c23)c1. The molecule has 7 heteroatoms. The molecule has 2 aromatic carbocycles. The van der Waals surface area contributed by atoms with Crippen LogP contribution in [0.1, 0.15) is 5.56 Å². The van der Waals surface area contributed by atoms with Crippen LogP contribution in [0.3, 0.4) is 0 Å². The first kappa shape index (κ1) is 15.8. The average molecular weight is 344 g/mol.